The molecule has 1 aromatic rings. The van der Waals surface area contributed by atoms with Crippen LogP contribution in [0.1, 0.15) is 96.0 Å². The Bertz CT molecular complexity index is 798. The molecule has 0 amide bonds. The lowest BCUT2D eigenvalue weighted by atomic mass is 9.79. The van der Waals surface area contributed by atoms with E-state index in [0.29, 0.717) is 0 Å². The number of benzene rings is 1. The van der Waals surface area contributed by atoms with Gasteiger partial charge in [-0.1, -0.05) is 69.0 Å². The van der Waals surface area contributed by atoms with Gasteiger partial charge in [0, 0.05) is 5.56 Å². The van der Waals surface area contributed by atoms with Gasteiger partial charge in [0.1, 0.15) is 0 Å². The summed E-state index contributed by atoms with van der Waals surface area (Å²) in [7, 11) is 0. The number of ether oxygens (including phenoxy) is 4. The van der Waals surface area contributed by atoms with E-state index in [2.05, 4.69) is 31.2 Å². The van der Waals surface area contributed by atoms with E-state index < -0.39 is 30.4 Å². The van der Waals surface area contributed by atoms with Crippen molar-refractivity contribution in [2.45, 2.75) is 103 Å². The monoisotopic (exact) mass is 500 g/mol. The van der Waals surface area contributed by atoms with Crippen LogP contribution in [0.3, 0.4) is 0 Å². The summed E-state index contributed by atoms with van der Waals surface area (Å²) >= 11 is 0. The molecular weight excluding hydrogens is 456 g/mol. The number of rotatable bonds is 13. The highest BCUT2D eigenvalue weighted by Gasteiger charge is 2.47. The number of hydrogen-bond donors (Lipinski definition) is 0. The maximum absolute atomic E-state index is 12.3. The highest BCUT2D eigenvalue weighted by Crippen LogP contribution is 2.34. The molecule has 0 N–H and O–H groups in total. The fraction of sp³-hybridized carbons (Fsp3) is 0.667. The zero-order valence-electron chi connectivity index (χ0n) is 22.3. The first-order valence-electron chi connectivity index (χ1n) is 13.9. The Kier molecular flexibility index (Phi) is 12.0. The zero-order valence-corrected chi connectivity index (χ0v) is 22.3. The van der Waals surface area contributed by atoms with Gasteiger partial charge in [0.15, 0.2) is 18.5 Å². The molecule has 6 heteroatoms. The van der Waals surface area contributed by atoms with Crippen molar-refractivity contribution in [2.24, 2.45) is 11.8 Å². The molecule has 0 bridgehead atoms. The maximum Gasteiger partial charge on any atom is 0.338 e. The van der Waals surface area contributed by atoms with Crippen molar-refractivity contribution in [1.82, 2.24) is 0 Å². The molecule has 36 heavy (non-hydrogen) atoms. The third kappa shape index (κ3) is 8.45. The molecule has 1 heterocycles. The van der Waals surface area contributed by atoms with E-state index in [1.54, 1.807) is 13.8 Å². The van der Waals surface area contributed by atoms with Gasteiger partial charge in [-0.05, 0) is 69.8 Å². The molecule has 6 nitrogen and oxygen atoms in total. The van der Waals surface area contributed by atoms with Crippen molar-refractivity contribution in [3.8, 4) is 0 Å². The topological polar surface area (TPSA) is 71.1 Å². The highest BCUT2D eigenvalue weighted by atomic mass is 16.8. The van der Waals surface area contributed by atoms with Crippen LogP contribution in [0.15, 0.2) is 36.4 Å². The van der Waals surface area contributed by atoms with E-state index in [0.717, 1.165) is 30.2 Å². The summed E-state index contributed by atoms with van der Waals surface area (Å²) in [5.41, 5.74) is 1.98. The Morgan fingerprint density at radius 1 is 0.889 bits per heavy atom. The van der Waals surface area contributed by atoms with Crippen molar-refractivity contribution in [3.05, 3.63) is 47.5 Å². The summed E-state index contributed by atoms with van der Waals surface area (Å²) in [6.07, 6.45) is 14.6. The molecule has 1 aliphatic carbocycles. The van der Waals surface area contributed by atoms with Gasteiger partial charge in [-0.3, -0.25) is 0 Å². The number of unbranched alkanes of at least 4 members (excludes halogenated alkanes) is 2. The van der Waals surface area contributed by atoms with Gasteiger partial charge in [-0.25, -0.2) is 9.59 Å². The Morgan fingerprint density at radius 2 is 1.50 bits per heavy atom. The lowest BCUT2D eigenvalue weighted by Gasteiger charge is -2.26. The molecule has 1 aliphatic heterocycles. The second-order valence-corrected chi connectivity index (χ2v) is 9.93. The number of hydrogen-bond acceptors (Lipinski definition) is 6. The number of allylic oxidation sites excluding steroid dienone is 2. The van der Waals surface area contributed by atoms with E-state index in [-0.39, 0.29) is 13.2 Å². The Morgan fingerprint density at radius 3 is 2.06 bits per heavy atom. The number of carbonyl (C=O) groups is 2. The predicted molar refractivity (Wildman–Crippen MR) is 139 cm³/mol. The molecule has 0 radical (unpaired) electrons. The second kappa shape index (κ2) is 15.2. The number of esters is 2. The van der Waals surface area contributed by atoms with Gasteiger partial charge < -0.3 is 18.9 Å². The van der Waals surface area contributed by atoms with Crippen molar-refractivity contribution in [1.29, 1.82) is 0 Å². The van der Waals surface area contributed by atoms with Crippen LogP contribution in [0.25, 0.3) is 0 Å². The third-order valence-electron chi connectivity index (χ3n) is 7.22. The largest absolute Gasteiger partial charge is 0.464 e. The van der Waals surface area contributed by atoms with Crippen molar-refractivity contribution in [3.63, 3.8) is 0 Å². The predicted octanol–water partition coefficient (Wildman–Crippen LogP) is 6.47. The van der Waals surface area contributed by atoms with E-state index in [9.17, 15) is 9.59 Å². The normalized spacial score (nSPS) is 24.8. The summed E-state index contributed by atoms with van der Waals surface area (Å²) in [5, 5.41) is 0. The Labute approximate surface area is 216 Å². The maximum atomic E-state index is 12.3. The van der Waals surface area contributed by atoms with E-state index in [1.807, 2.05) is 12.1 Å². The second-order valence-electron chi connectivity index (χ2n) is 9.93. The first-order chi connectivity index (χ1) is 17.5. The van der Waals surface area contributed by atoms with Crippen LogP contribution >= 0.6 is 0 Å². The zero-order chi connectivity index (χ0) is 25.8. The molecule has 0 aromatic heterocycles. The molecule has 3 rings (SSSR count). The van der Waals surface area contributed by atoms with Crippen LogP contribution in [-0.2, 0) is 35.0 Å². The smallest absolute Gasteiger partial charge is 0.338 e. The number of carbonyl (C=O) groups excluding carboxylic acids is 2. The Hall–Kier alpha value is -2.18. The highest BCUT2D eigenvalue weighted by molar-refractivity contribution is 5.86. The fourth-order valence-electron chi connectivity index (χ4n) is 5.14. The summed E-state index contributed by atoms with van der Waals surface area (Å²) in [6, 6.07) is 7.96. The summed E-state index contributed by atoms with van der Waals surface area (Å²) in [6.45, 7) is 6.08. The van der Waals surface area contributed by atoms with Crippen LogP contribution in [-0.4, -0.2) is 37.4 Å². The lowest BCUT2D eigenvalue weighted by Crippen LogP contribution is -2.39. The molecule has 200 valence electrons. The van der Waals surface area contributed by atoms with Gasteiger partial charge in [0.25, 0.3) is 0 Å². The van der Waals surface area contributed by atoms with Crippen LogP contribution < -0.4 is 0 Å². The third-order valence-corrected chi connectivity index (χ3v) is 7.22. The van der Waals surface area contributed by atoms with Crippen LogP contribution in [0.2, 0.25) is 0 Å². The SMILES string of the molecule is CCCCCC1CCC(/C=C/CCc2ccc(C3O[C@@H](C(=O)OCC)[C@H](C(=O)OCC)O3)cc2)CC1. The van der Waals surface area contributed by atoms with Crippen molar-refractivity contribution in [2.75, 3.05) is 13.2 Å². The minimum atomic E-state index is -1.13. The molecule has 0 spiro atoms. The summed E-state index contributed by atoms with van der Waals surface area (Å²) < 4.78 is 21.7. The van der Waals surface area contributed by atoms with Crippen LogP contribution in [0.5, 0.6) is 0 Å². The first kappa shape index (κ1) is 28.4. The quantitative estimate of drug-likeness (QED) is 0.176. The van der Waals surface area contributed by atoms with Crippen molar-refractivity contribution >= 4 is 11.9 Å². The fourth-order valence-corrected chi connectivity index (χ4v) is 5.14. The lowest BCUT2D eigenvalue weighted by molar-refractivity contribution is -0.163. The minimum absolute atomic E-state index is 0.197. The molecule has 0 unspecified atom stereocenters. The van der Waals surface area contributed by atoms with Crippen LogP contribution in [0, 0.1) is 11.8 Å². The summed E-state index contributed by atoms with van der Waals surface area (Å²) in [4.78, 5) is 24.6. The average molecular weight is 501 g/mol. The molecule has 2 aliphatic rings. The van der Waals surface area contributed by atoms with E-state index >= 15 is 0 Å². The van der Waals surface area contributed by atoms with Crippen molar-refractivity contribution < 1.29 is 28.5 Å². The number of aryl methyl sites for hydroxylation is 1. The van der Waals surface area contributed by atoms with Gasteiger partial charge in [0.2, 0.25) is 0 Å². The molecule has 2 atom stereocenters. The molecule has 1 saturated heterocycles. The van der Waals surface area contributed by atoms with Crippen LogP contribution in [0.4, 0.5) is 0 Å². The molecular formula is C30H44O6. The van der Waals surface area contributed by atoms with E-state index in [4.69, 9.17) is 18.9 Å². The van der Waals surface area contributed by atoms with E-state index in [1.165, 1.54) is 56.9 Å². The van der Waals surface area contributed by atoms with Gasteiger partial charge in [0.05, 0.1) is 13.2 Å². The molecule has 2 fully saturated rings. The van der Waals surface area contributed by atoms with Gasteiger partial charge in [-0.15, -0.1) is 0 Å². The van der Waals surface area contributed by atoms with Gasteiger partial charge in [-0.2, -0.15) is 0 Å². The van der Waals surface area contributed by atoms with Gasteiger partial charge >= 0.3 is 11.9 Å². The molecule has 1 saturated carbocycles. The minimum Gasteiger partial charge on any atom is -0.464 e. The molecule has 1 aromatic carbocycles. The average Bonchev–Trinajstić information content (AvgIpc) is 3.34. The summed E-state index contributed by atoms with van der Waals surface area (Å²) in [5.74, 6) is 0.455. The first-order valence-corrected chi connectivity index (χ1v) is 13.9. The Balaban J connectivity index is 1.45. The standard InChI is InChI=1S/C30H44O6/c1-4-7-8-11-22-14-16-23(17-15-22)12-9-10-13-24-18-20-25(21-19-24)30-35-26(28(31)33-5-2)27(36-30)29(32)34-6-3/h9,12,18-23,26-27,30H,4-8,10-11,13-17H2,1-3H3/b12-9+/t22?,23?,26-,27-/m1/s1.